The summed E-state index contributed by atoms with van der Waals surface area (Å²) >= 11 is 6.11. The molecule has 0 aliphatic carbocycles. The zero-order chi connectivity index (χ0) is 68.9. The Balaban J connectivity index is 0.000000550. The summed E-state index contributed by atoms with van der Waals surface area (Å²) < 4.78 is 100. The molecule has 2 amide bonds. The molecular formula is C66H84BClF7KN12O8S2. The van der Waals surface area contributed by atoms with Gasteiger partial charge in [0.15, 0.2) is 28.1 Å². The van der Waals surface area contributed by atoms with Gasteiger partial charge in [0, 0.05) is 75.3 Å². The van der Waals surface area contributed by atoms with E-state index < -0.39 is 82.6 Å². The predicted molar refractivity (Wildman–Crippen MR) is 375 cm³/mol. The van der Waals surface area contributed by atoms with Gasteiger partial charge in [0.25, 0.3) is 0 Å². The number of aromatic hydroxyl groups is 2. The Kier molecular flexibility index (Phi) is 32.6. The van der Waals surface area contributed by atoms with Crippen molar-refractivity contribution in [1.82, 2.24) is 48.8 Å². The molecule has 20 nitrogen and oxygen atoms in total. The molecule has 2 aromatic carbocycles. The van der Waals surface area contributed by atoms with Crippen molar-refractivity contribution in [3.05, 3.63) is 151 Å². The second-order valence-corrected chi connectivity index (χ2v) is 25.0. The minimum absolute atomic E-state index is 0. The summed E-state index contributed by atoms with van der Waals surface area (Å²) in [5, 5.41) is 19.2. The topological polar surface area (TPSA) is 227 Å². The van der Waals surface area contributed by atoms with Crippen molar-refractivity contribution in [2.45, 2.75) is 147 Å². The van der Waals surface area contributed by atoms with Crippen LogP contribution in [0, 0.1) is 43.2 Å². The number of amides is 2. The van der Waals surface area contributed by atoms with Gasteiger partial charge in [0.1, 0.15) is 40.1 Å². The van der Waals surface area contributed by atoms with E-state index in [1.807, 2.05) is 86.0 Å². The largest absolute Gasteiger partial charge is 1.00 e. The molecule has 0 spiro atoms. The molecule has 528 valence electrons. The number of carbonyl (C=O) groups is 2. The summed E-state index contributed by atoms with van der Waals surface area (Å²) in [7, 11) is -3.67. The molecule has 0 radical (unpaired) electrons. The Morgan fingerprint density at radius 1 is 0.633 bits per heavy atom. The molecule has 32 heteroatoms. The Morgan fingerprint density at radius 3 is 1.41 bits per heavy atom. The summed E-state index contributed by atoms with van der Waals surface area (Å²) in [6, 6.07) is 15.1. The molecule has 2 N–H and O–H groups in total. The van der Waals surface area contributed by atoms with E-state index in [9.17, 15) is 50.4 Å². The predicted octanol–water partition coefficient (Wildman–Crippen LogP) is 11.3. The van der Waals surface area contributed by atoms with Crippen LogP contribution < -0.4 is 72.6 Å². The molecular weight excluding hydrogens is 1370 g/mol. The number of pyridine rings is 4. The SMILES string of the molecule is C.C.Cc1ccnc(C(C)C)c1-n1c(=O)nc(N2CCN(C(=O)OC(C)(C)C)C[C@@H]2C)c2cc(F)c(-c3c(O)cccc3F)nc21.Cc1ccnc(C(C)C)c1-n1c(=O)nc(N2CCN(C(=O)OC(C)(C)C)C[C@@H]2C)c2cc(F)c(Cl)nc21.FB(F)F.Oc1[c-]c(F)ccc1.S.S.[K+]. The molecule has 2 aliphatic heterocycles. The molecule has 6 aromatic heterocycles. The van der Waals surface area contributed by atoms with Gasteiger partial charge in [-0.15, -0.1) is 18.2 Å². The average molecular weight is 1460 g/mol. The third-order valence-corrected chi connectivity index (χ3v) is 14.7. The third-order valence-electron chi connectivity index (χ3n) is 14.5. The van der Waals surface area contributed by atoms with Crippen molar-refractivity contribution >= 4 is 92.0 Å². The molecule has 98 heavy (non-hydrogen) atoms. The summed E-state index contributed by atoms with van der Waals surface area (Å²) in [5.74, 6) is -3.29. The van der Waals surface area contributed by atoms with E-state index in [1.54, 1.807) is 55.1 Å². The van der Waals surface area contributed by atoms with Crippen molar-refractivity contribution in [2.75, 3.05) is 49.1 Å². The van der Waals surface area contributed by atoms with Gasteiger partial charge in [0.05, 0.1) is 39.1 Å². The van der Waals surface area contributed by atoms with Crippen LogP contribution in [0.4, 0.5) is 51.7 Å². The summed E-state index contributed by atoms with van der Waals surface area (Å²) in [6.07, 6.45) is 2.48. The summed E-state index contributed by atoms with van der Waals surface area (Å²) in [6.45, 7) is 28.0. The number of aryl methyl sites for hydroxylation is 2. The number of hydrogen-bond donors (Lipinski definition) is 2. The number of phenols is 2. The van der Waals surface area contributed by atoms with Gasteiger partial charge in [-0.05, 0) is 129 Å². The Hall–Kier alpha value is -6.74. The fourth-order valence-corrected chi connectivity index (χ4v) is 10.6. The number of carbonyl (C=O) groups excluding carboxylic acids is 2. The molecule has 8 heterocycles. The van der Waals surface area contributed by atoms with Gasteiger partial charge >= 0.3 is 82.5 Å². The van der Waals surface area contributed by atoms with Gasteiger partial charge in [0.2, 0.25) is 0 Å². The van der Waals surface area contributed by atoms with Crippen LogP contribution in [0.3, 0.4) is 0 Å². The number of nitrogens with zero attached hydrogens (tertiary/aromatic N) is 12. The zero-order valence-electron chi connectivity index (χ0n) is 55.8. The van der Waals surface area contributed by atoms with Crippen LogP contribution in [0.1, 0.15) is 132 Å². The van der Waals surface area contributed by atoms with Crippen LogP contribution in [0.2, 0.25) is 5.15 Å². The van der Waals surface area contributed by atoms with Crippen LogP contribution in [-0.2, 0) is 9.47 Å². The third kappa shape index (κ3) is 21.2. The number of fused-ring (bicyclic) bond motifs is 2. The molecule has 2 atom stereocenters. The van der Waals surface area contributed by atoms with E-state index in [-0.39, 0.29) is 170 Å². The first-order chi connectivity index (χ1) is 43.5. The molecule has 2 fully saturated rings. The van der Waals surface area contributed by atoms with E-state index in [1.165, 1.54) is 45.5 Å². The van der Waals surface area contributed by atoms with Crippen molar-refractivity contribution in [2.24, 2.45) is 0 Å². The number of phenolic OH excluding ortho intramolecular Hbond substituents is 2. The normalized spacial score (nSPS) is 14.3. The van der Waals surface area contributed by atoms with Gasteiger partial charge in [-0.25, -0.2) is 55.8 Å². The number of piperazine rings is 2. The van der Waals surface area contributed by atoms with Gasteiger partial charge < -0.3 is 39.3 Å². The molecule has 2 aliphatic rings. The molecule has 10 rings (SSSR count). The number of anilines is 2. The molecule has 0 bridgehead atoms. The maximum atomic E-state index is 15.9. The minimum atomic E-state index is -3.67. The minimum Gasteiger partial charge on any atom is -0.534 e. The van der Waals surface area contributed by atoms with Gasteiger partial charge in [-0.1, -0.05) is 60.2 Å². The van der Waals surface area contributed by atoms with E-state index >= 15 is 4.39 Å². The maximum absolute atomic E-state index is 15.9. The van der Waals surface area contributed by atoms with Crippen LogP contribution >= 0.6 is 38.6 Å². The second kappa shape index (κ2) is 36.6. The monoisotopic (exact) mass is 1450 g/mol. The van der Waals surface area contributed by atoms with Crippen molar-refractivity contribution in [1.29, 1.82) is 0 Å². The first-order valence-electron chi connectivity index (χ1n) is 29.6. The van der Waals surface area contributed by atoms with E-state index in [2.05, 4.69) is 36.0 Å². The van der Waals surface area contributed by atoms with Crippen LogP contribution in [-0.4, -0.2) is 141 Å². The van der Waals surface area contributed by atoms with E-state index in [4.69, 9.17) is 26.2 Å². The average Bonchev–Trinajstić information content (AvgIpc) is 0.743. The van der Waals surface area contributed by atoms with E-state index in [0.29, 0.717) is 59.2 Å². The number of hydrogen-bond acceptors (Lipinski definition) is 16. The van der Waals surface area contributed by atoms with Crippen molar-refractivity contribution in [3.8, 4) is 34.1 Å². The van der Waals surface area contributed by atoms with Crippen LogP contribution in [0.25, 0.3) is 44.7 Å². The smallest absolute Gasteiger partial charge is 0.534 e. The van der Waals surface area contributed by atoms with Gasteiger partial charge in [-0.2, -0.15) is 43.0 Å². The second-order valence-electron chi connectivity index (χ2n) is 24.7. The fourth-order valence-electron chi connectivity index (χ4n) is 10.5. The number of aromatic nitrogens is 8. The van der Waals surface area contributed by atoms with Crippen molar-refractivity contribution < 1.29 is 111 Å². The summed E-state index contributed by atoms with van der Waals surface area (Å²) in [5.41, 5.74) is 0.640. The van der Waals surface area contributed by atoms with Gasteiger partial charge in [-0.3, -0.25) is 22.9 Å². The van der Waals surface area contributed by atoms with Crippen LogP contribution in [0.5, 0.6) is 11.5 Å². The molecule has 0 unspecified atom stereocenters. The number of benzene rings is 2. The summed E-state index contributed by atoms with van der Waals surface area (Å²) in [4.78, 5) is 86.6. The van der Waals surface area contributed by atoms with Crippen molar-refractivity contribution in [3.63, 3.8) is 0 Å². The number of ether oxygens (including phenoxy) is 2. The Bertz CT molecular complexity index is 4170. The maximum Gasteiger partial charge on any atom is 1.00 e. The van der Waals surface area contributed by atoms with E-state index in [0.717, 1.165) is 17.7 Å². The Morgan fingerprint density at radius 2 is 1.04 bits per heavy atom. The number of rotatable bonds is 7. The quantitative estimate of drug-likeness (QED) is 0.0654. The first-order valence-corrected chi connectivity index (χ1v) is 30.0. The number of halogens is 8. The fraction of sp³-hybridized carbons (Fsp3) is 0.424. The first kappa shape index (κ1) is 87.3. The molecule has 8 aromatic rings. The zero-order valence-corrected chi connectivity index (χ0v) is 61.7. The van der Waals surface area contributed by atoms with Crippen LogP contribution in [0.15, 0.2) is 82.6 Å². The molecule has 0 saturated carbocycles. The Labute approximate surface area is 627 Å². The standard InChI is InChI=1S/C32H36F2N6O4.C26H32ClFN6O3.C6H4FO.2CH4.BF3.K.2H2S/c1-17(2)25-27(18(3)11-12-35-25)40-29-20(15-22(34)26(36-29)24-21(33)9-8-10-23(24)41)28(37-30(40)42)39-14-13-38(16-19(39)4)31(43)44-32(5,6)7;1-14(2)19-20(15(3)8-9-29-19)34-23-17(12-18(28)21(27)30-23)22(31-24(34)35)33-11-10-32(13-16(33)4)25(36)37-26(5,6)7;7-5-2-1-3-6(8)4-5;;;2-1(3)4;;;/h8-12,15,17,19,41H,13-14,16H2,1-7H3;8-9,12,14,16H,10-11,13H2,1-7H3;1-3,8H;2*1H4;;;2*1H2/q;;-1;;;;+1;;/t19-;16-;;;;;;;/m00......./s1. The molecule has 2 saturated heterocycles.